The summed E-state index contributed by atoms with van der Waals surface area (Å²) in [5, 5.41) is 5.49. The van der Waals surface area contributed by atoms with Gasteiger partial charge in [-0.15, -0.1) is 11.3 Å². The molecule has 0 saturated carbocycles. The van der Waals surface area contributed by atoms with E-state index in [4.69, 9.17) is 9.97 Å². The van der Waals surface area contributed by atoms with Gasteiger partial charge in [-0.2, -0.15) is 4.98 Å². The number of nitrogens with zero attached hydrogens (tertiary/aromatic N) is 4. The van der Waals surface area contributed by atoms with Crippen LogP contribution in [0.3, 0.4) is 0 Å². The van der Waals surface area contributed by atoms with Crippen LogP contribution in [0.25, 0.3) is 31.7 Å². The van der Waals surface area contributed by atoms with Crippen molar-refractivity contribution in [3.8, 4) is 10.6 Å². The Morgan fingerprint density at radius 1 is 1.05 bits per heavy atom. The zero-order valence-corrected chi connectivity index (χ0v) is 22.6. The number of H-pyrrole nitrogens is 1. The lowest BCUT2D eigenvalue weighted by Gasteiger charge is -2.34. The molecule has 0 aliphatic carbocycles. The number of unbranched alkanes of at least 4 members (excludes halogenated alkanes) is 1. The van der Waals surface area contributed by atoms with Gasteiger partial charge < -0.3 is 20.1 Å². The molecule has 0 radical (unpaired) electrons. The first-order chi connectivity index (χ1) is 18.6. The molecule has 5 aromatic rings. The zero-order valence-electron chi connectivity index (χ0n) is 21.8. The van der Waals surface area contributed by atoms with E-state index >= 15 is 0 Å². The van der Waals surface area contributed by atoms with Gasteiger partial charge in [0, 0.05) is 65.8 Å². The fourth-order valence-corrected chi connectivity index (χ4v) is 6.02. The van der Waals surface area contributed by atoms with Crippen LogP contribution in [0.1, 0.15) is 36.5 Å². The second-order valence-electron chi connectivity index (χ2n) is 9.99. The molecular formula is C30H32N6OS. The van der Waals surface area contributed by atoms with Crippen molar-refractivity contribution in [1.29, 1.82) is 0 Å². The predicted molar refractivity (Wildman–Crippen MR) is 158 cm³/mol. The Hall–Kier alpha value is -3.75. The Kier molecular flexibility index (Phi) is 6.82. The number of fused-ring (bicyclic) bond motifs is 2. The summed E-state index contributed by atoms with van der Waals surface area (Å²) in [6.45, 7) is 6.28. The number of carbonyl (C=O) groups is 1. The summed E-state index contributed by atoms with van der Waals surface area (Å²) in [5.41, 5.74) is 4.63. The van der Waals surface area contributed by atoms with E-state index in [0.717, 1.165) is 82.0 Å². The van der Waals surface area contributed by atoms with Gasteiger partial charge in [0.2, 0.25) is 5.95 Å². The molecule has 0 spiro atoms. The number of benzene rings is 2. The molecule has 194 valence electrons. The van der Waals surface area contributed by atoms with Crippen LogP contribution in [0.2, 0.25) is 0 Å². The Morgan fingerprint density at radius 2 is 1.92 bits per heavy atom. The van der Waals surface area contributed by atoms with Gasteiger partial charge in [0.15, 0.2) is 5.78 Å². The average Bonchev–Trinajstić information content (AvgIpc) is 3.58. The molecule has 0 unspecified atom stereocenters. The normalized spacial score (nSPS) is 14.4. The van der Waals surface area contributed by atoms with Crippen molar-refractivity contribution in [2.45, 2.75) is 26.2 Å². The fraction of sp³-hybridized carbons (Fsp3) is 0.300. The van der Waals surface area contributed by atoms with Crippen molar-refractivity contribution in [3.05, 3.63) is 66.4 Å². The number of nitrogens with one attached hydrogen (secondary N) is 2. The van der Waals surface area contributed by atoms with E-state index in [2.05, 4.69) is 70.5 Å². The molecule has 0 atom stereocenters. The lowest BCUT2D eigenvalue weighted by molar-refractivity contribution is 0.0980. The molecule has 1 aliphatic rings. The highest BCUT2D eigenvalue weighted by molar-refractivity contribution is 7.22. The van der Waals surface area contributed by atoms with Crippen LogP contribution in [0.5, 0.6) is 0 Å². The van der Waals surface area contributed by atoms with E-state index in [9.17, 15) is 4.79 Å². The summed E-state index contributed by atoms with van der Waals surface area (Å²) in [6, 6.07) is 18.7. The summed E-state index contributed by atoms with van der Waals surface area (Å²) in [7, 11) is 2.17. The molecule has 2 aromatic carbocycles. The number of anilines is 3. The molecule has 6 rings (SSSR count). The van der Waals surface area contributed by atoms with Gasteiger partial charge in [-0.25, -0.2) is 4.98 Å². The van der Waals surface area contributed by atoms with Crippen molar-refractivity contribution in [3.63, 3.8) is 0 Å². The first-order valence-corrected chi connectivity index (χ1v) is 14.1. The van der Waals surface area contributed by atoms with Gasteiger partial charge in [-0.1, -0.05) is 19.4 Å². The minimum atomic E-state index is 0.210. The Bertz CT molecular complexity index is 1600. The summed E-state index contributed by atoms with van der Waals surface area (Å²) < 4.78 is 1.14. The molecule has 38 heavy (non-hydrogen) atoms. The number of hydrogen-bond donors (Lipinski definition) is 2. The predicted octanol–water partition coefficient (Wildman–Crippen LogP) is 6.71. The number of likely N-dealkylation sites (N-methyl/N-ethyl adjacent to an activating group) is 1. The van der Waals surface area contributed by atoms with Crippen molar-refractivity contribution in [2.75, 3.05) is 43.4 Å². The lowest BCUT2D eigenvalue weighted by Crippen LogP contribution is -2.44. The highest BCUT2D eigenvalue weighted by Crippen LogP contribution is 2.37. The molecule has 8 heteroatoms. The lowest BCUT2D eigenvalue weighted by atomic mass is 10.0. The van der Waals surface area contributed by atoms with Crippen LogP contribution >= 0.6 is 11.3 Å². The minimum Gasteiger partial charge on any atom is -0.369 e. The van der Waals surface area contributed by atoms with Crippen LogP contribution in [0.15, 0.2) is 60.8 Å². The van der Waals surface area contributed by atoms with Crippen molar-refractivity contribution in [1.82, 2.24) is 19.9 Å². The van der Waals surface area contributed by atoms with Gasteiger partial charge in [0.05, 0.1) is 10.6 Å². The van der Waals surface area contributed by atoms with Gasteiger partial charge >= 0.3 is 0 Å². The first kappa shape index (κ1) is 24.6. The van der Waals surface area contributed by atoms with Gasteiger partial charge in [-0.05, 0) is 67.4 Å². The van der Waals surface area contributed by atoms with Gasteiger partial charge in [0.1, 0.15) is 5.65 Å². The van der Waals surface area contributed by atoms with Crippen molar-refractivity contribution in [2.24, 2.45) is 0 Å². The number of rotatable bonds is 8. The smallest absolute Gasteiger partial charge is 0.229 e. The van der Waals surface area contributed by atoms with Crippen molar-refractivity contribution >= 4 is 55.6 Å². The highest BCUT2D eigenvalue weighted by Gasteiger charge is 2.17. The summed E-state index contributed by atoms with van der Waals surface area (Å²) >= 11 is 1.69. The van der Waals surface area contributed by atoms with Crippen LogP contribution < -0.4 is 10.2 Å². The third-order valence-electron chi connectivity index (χ3n) is 7.22. The third-order valence-corrected chi connectivity index (χ3v) is 8.34. The van der Waals surface area contributed by atoms with Gasteiger partial charge in [0.25, 0.3) is 0 Å². The number of ketones is 1. The maximum atomic E-state index is 12.6. The second-order valence-corrected chi connectivity index (χ2v) is 11.1. The fourth-order valence-electron chi connectivity index (χ4n) is 4.97. The Labute approximate surface area is 226 Å². The Balaban J connectivity index is 1.31. The number of carbonyl (C=O) groups excluding carboxylic acids is 1. The molecule has 1 fully saturated rings. The number of hydrogen-bond acceptors (Lipinski definition) is 7. The van der Waals surface area contributed by atoms with Crippen LogP contribution in [-0.2, 0) is 0 Å². The molecule has 0 bridgehead atoms. The molecule has 1 saturated heterocycles. The van der Waals surface area contributed by atoms with Crippen LogP contribution in [0.4, 0.5) is 17.3 Å². The quantitative estimate of drug-likeness (QED) is 0.220. The van der Waals surface area contributed by atoms with E-state index in [0.29, 0.717) is 12.4 Å². The molecule has 1 aliphatic heterocycles. The molecule has 2 N–H and O–H groups in total. The zero-order chi connectivity index (χ0) is 26.1. The standard InChI is InChI=1S/C30H32N6OS/c1-3-4-8-25(37)20-9-10-26-21(17-20)18-27(38-26)28-24-11-12-31-29(24)34-30(33-28)32-22-6-5-7-23(19-22)36-15-13-35(2)14-16-36/h5-7,9-12,17-19H,3-4,8,13-16H2,1-2H3,(H2,31,32,33,34). The topological polar surface area (TPSA) is 77.2 Å². The minimum absolute atomic E-state index is 0.210. The molecule has 3 aromatic heterocycles. The third kappa shape index (κ3) is 5.01. The maximum Gasteiger partial charge on any atom is 0.229 e. The highest BCUT2D eigenvalue weighted by atomic mass is 32.1. The van der Waals surface area contributed by atoms with Crippen molar-refractivity contribution < 1.29 is 4.79 Å². The second kappa shape index (κ2) is 10.6. The molecule has 0 amide bonds. The van der Waals surface area contributed by atoms with Gasteiger partial charge in [-0.3, -0.25) is 4.79 Å². The first-order valence-electron chi connectivity index (χ1n) is 13.3. The van der Waals surface area contributed by atoms with E-state index in [1.807, 2.05) is 24.4 Å². The van der Waals surface area contributed by atoms with E-state index in [1.54, 1.807) is 11.3 Å². The molecule has 4 heterocycles. The monoisotopic (exact) mass is 524 g/mol. The largest absolute Gasteiger partial charge is 0.369 e. The van der Waals surface area contributed by atoms with E-state index in [1.165, 1.54) is 5.69 Å². The Morgan fingerprint density at radius 3 is 2.76 bits per heavy atom. The number of thiophene rings is 1. The molecular weight excluding hydrogens is 492 g/mol. The number of piperazine rings is 1. The van der Waals surface area contributed by atoms with Crippen LogP contribution in [0, 0.1) is 0 Å². The molecule has 7 nitrogen and oxygen atoms in total. The number of aromatic amines is 1. The number of aromatic nitrogens is 3. The summed E-state index contributed by atoms with van der Waals surface area (Å²) in [5.74, 6) is 0.764. The number of Topliss-reactive ketones (excluding diaryl/α,β-unsaturated/α-hetero) is 1. The summed E-state index contributed by atoms with van der Waals surface area (Å²) in [4.78, 5) is 31.4. The van der Waals surface area contributed by atoms with E-state index in [-0.39, 0.29) is 5.78 Å². The maximum absolute atomic E-state index is 12.6. The summed E-state index contributed by atoms with van der Waals surface area (Å²) in [6.07, 6.45) is 4.44. The van der Waals surface area contributed by atoms with E-state index < -0.39 is 0 Å². The van der Waals surface area contributed by atoms with Crippen LogP contribution in [-0.4, -0.2) is 58.9 Å². The average molecular weight is 525 g/mol. The SMILES string of the molecule is CCCCC(=O)c1ccc2sc(-c3nc(Nc4cccc(N5CCN(C)CC5)c4)nc4[nH]ccc34)cc2c1.